The molecule has 0 aliphatic carbocycles. The molecule has 2 aliphatic heterocycles. The van der Waals surface area contributed by atoms with Gasteiger partial charge in [-0.15, -0.1) is 0 Å². The Morgan fingerprint density at radius 3 is 2.83 bits per heavy atom. The van der Waals surface area contributed by atoms with Crippen molar-refractivity contribution in [2.24, 2.45) is 10.7 Å². The molecule has 0 atom stereocenters. The molecule has 3 aromatic rings. The standard InChI is InChI=1S/C14H17NO2.C8H7N3O/c1-16-13-3-2-11(10-5-8-17-9-6-10)14-12(13)4-7-15-14;9-8(12)6-5-10-7-3-1-2-4-11(6)7/h2-3,7,10H,4-6,8-9H2,1H3;1-5H,(H2,9,12). The topological polar surface area (TPSA) is 91.2 Å². The van der Waals surface area contributed by atoms with Gasteiger partial charge in [0.2, 0.25) is 0 Å². The van der Waals surface area contributed by atoms with Gasteiger partial charge in [-0.3, -0.25) is 14.2 Å². The summed E-state index contributed by atoms with van der Waals surface area (Å²) in [5.74, 6) is 1.10. The molecule has 1 aromatic carbocycles. The van der Waals surface area contributed by atoms with E-state index in [1.165, 1.54) is 17.3 Å². The predicted octanol–water partition coefficient (Wildman–Crippen LogP) is 3.28. The molecule has 7 nitrogen and oxygen atoms in total. The largest absolute Gasteiger partial charge is 0.496 e. The zero-order valence-corrected chi connectivity index (χ0v) is 16.4. The number of hydrogen-bond acceptors (Lipinski definition) is 5. The van der Waals surface area contributed by atoms with Gasteiger partial charge in [0, 0.05) is 37.6 Å². The lowest BCUT2D eigenvalue weighted by Crippen LogP contribution is -2.14. The van der Waals surface area contributed by atoms with E-state index >= 15 is 0 Å². The Morgan fingerprint density at radius 1 is 1.24 bits per heavy atom. The van der Waals surface area contributed by atoms with Crippen LogP contribution in [-0.4, -0.2) is 41.8 Å². The van der Waals surface area contributed by atoms with Gasteiger partial charge < -0.3 is 15.2 Å². The van der Waals surface area contributed by atoms with Crippen LogP contribution in [0, 0.1) is 0 Å². The highest BCUT2D eigenvalue weighted by molar-refractivity contribution is 5.91. The maximum absolute atomic E-state index is 10.8. The highest BCUT2D eigenvalue weighted by Gasteiger charge is 2.23. The van der Waals surface area contributed by atoms with Crippen LogP contribution in [0.25, 0.3) is 5.65 Å². The molecule has 0 spiro atoms. The van der Waals surface area contributed by atoms with Crippen LogP contribution < -0.4 is 10.5 Å². The van der Waals surface area contributed by atoms with E-state index in [2.05, 4.69) is 22.1 Å². The minimum atomic E-state index is -0.464. The van der Waals surface area contributed by atoms with Crippen molar-refractivity contribution < 1.29 is 14.3 Å². The molecule has 5 rings (SSSR count). The lowest BCUT2D eigenvalue weighted by atomic mass is 9.89. The second-order valence-electron chi connectivity index (χ2n) is 7.02. The number of nitrogens with zero attached hydrogens (tertiary/aromatic N) is 3. The van der Waals surface area contributed by atoms with Crippen LogP contribution >= 0.6 is 0 Å². The van der Waals surface area contributed by atoms with Crippen molar-refractivity contribution in [3.05, 3.63) is 59.5 Å². The van der Waals surface area contributed by atoms with Crippen molar-refractivity contribution >= 4 is 23.5 Å². The molecule has 1 saturated heterocycles. The number of fused-ring (bicyclic) bond motifs is 2. The van der Waals surface area contributed by atoms with Crippen LogP contribution in [-0.2, 0) is 11.2 Å². The molecule has 150 valence electrons. The van der Waals surface area contributed by atoms with Crippen LogP contribution in [0.4, 0.5) is 5.69 Å². The number of amides is 1. The first-order valence-corrected chi connectivity index (χ1v) is 9.71. The Hall–Kier alpha value is -3.19. The van der Waals surface area contributed by atoms with Gasteiger partial charge in [-0.25, -0.2) is 4.98 Å². The smallest absolute Gasteiger partial charge is 0.267 e. The fraction of sp³-hybridized carbons (Fsp3) is 0.318. The van der Waals surface area contributed by atoms with Crippen molar-refractivity contribution in [1.29, 1.82) is 0 Å². The average molecular weight is 392 g/mol. The third kappa shape index (κ3) is 3.86. The summed E-state index contributed by atoms with van der Waals surface area (Å²) in [5, 5.41) is 0. The number of carbonyl (C=O) groups excluding carboxylic acids is 1. The third-order valence-electron chi connectivity index (χ3n) is 5.34. The summed E-state index contributed by atoms with van der Waals surface area (Å²) in [6.45, 7) is 1.74. The Balaban J connectivity index is 0.000000150. The molecule has 2 N–H and O–H groups in total. The van der Waals surface area contributed by atoms with Crippen LogP contribution in [0.1, 0.15) is 40.4 Å². The SMILES string of the molecule is COc1ccc(C2CCOCC2)c2c1CC=N2.NC(=O)c1cnc2ccccn12. The molecule has 2 aromatic heterocycles. The van der Waals surface area contributed by atoms with Crippen LogP contribution in [0.2, 0.25) is 0 Å². The first-order chi connectivity index (χ1) is 14.2. The summed E-state index contributed by atoms with van der Waals surface area (Å²) in [5.41, 5.74) is 10.0. The molecule has 2 aliphatic rings. The highest BCUT2D eigenvalue weighted by Crippen LogP contribution is 2.41. The quantitative estimate of drug-likeness (QED) is 0.740. The van der Waals surface area contributed by atoms with Gasteiger partial charge in [0.1, 0.15) is 17.1 Å². The molecule has 1 fully saturated rings. The normalized spacial score (nSPS) is 15.6. The van der Waals surface area contributed by atoms with E-state index in [4.69, 9.17) is 15.2 Å². The van der Waals surface area contributed by atoms with Crippen LogP contribution in [0.3, 0.4) is 0 Å². The number of carbonyl (C=O) groups is 1. The number of nitrogens with two attached hydrogens (primary N) is 1. The molecule has 0 saturated carbocycles. The lowest BCUT2D eigenvalue weighted by molar-refractivity contribution is 0.0854. The predicted molar refractivity (Wildman–Crippen MR) is 111 cm³/mol. The summed E-state index contributed by atoms with van der Waals surface area (Å²) < 4.78 is 12.5. The Bertz CT molecular complexity index is 1050. The fourth-order valence-corrected chi connectivity index (χ4v) is 3.86. The van der Waals surface area contributed by atoms with Crippen molar-refractivity contribution in [3.63, 3.8) is 0 Å². The summed E-state index contributed by atoms with van der Waals surface area (Å²) in [6, 6.07) is 9.75. The van der Waals surface area contributed by atoms with Gasteiger partial charge in [-0.2, -0.15) is 0 Å². The van der Waals surface area contributed by atoms with E-state index in [0.717, 1.165) is 49.6 Å². The highest BCUT2D eigenvalue weighted by atomic mass is 16.5. The summed E-state index contributed by atoms with van der Waals surface area (Å²) in [4.78, 5) is 19.4. The first-order valence-electron chi connectivity index (χ1n) is 9.71. The Kier molecular flexibility index (Phi) is 5.57. The molecule has 0 unspecified atom stereocenters. The molecule has 0 bridgehead atoms. The Morgan fingerprint density at radius 2 is 2.07 bits per heavy atom. The monoisotopic (exact) mass is 392 g/mol. The fourth-order valence-electron chi connectivity index (χ4n) is 3.86. The molecule has 1 amide bonds. The zero-order chi connectivity index (χ0) is 20.2. The van der Waals surface area contributed by atoms with Crippen molar-refractivity contribution in [2.45, 2.75) is 25.2 Å². The van der Waals surface area contributed by atoms with Crippen molar-refractivity contribution in [2.75, 3.05) is 20.3 Å². The number of aliphatic imine (C=N–C) groups is 1. The minimum absolute atomic E-state index is 0.408. The van der Waals surface area contributed by atoms with Gasteiger partial charge in [0.15, 0.2) is 0 Å². The number of primary amides is 1. The van der Waals surface area contributed by atoms with Gasteiger partial charge in [-0.05, 0) is 42.5 Å². The van der Waals surface area contributed by atoms with E-state index in [-0.39, 0.29) is 0 Å². The second kappa shape index (κ2) is 8.45. The van der Waals surface area contributed by atoms with Gasteiger partial charge >= 0.3 is 0 Å². The number of aromatic nitrogens is 2. The molecule has 29 heavy (non-hydrogen) atoms. The summed E-state index contributed by atoms with van der Waals surface area (Å²) in [7, 11) is 1.72. The van der Waals surface area contributed by atoms with Crippen molar-refractivity contribution in [1.82, 2.24) is 9.38 Å². The number of rotatable bonds is 3. The molecule has 7 heteroatoms. The Labute approximate surface area is 169 Å². The van der Waals surface area contributed by atoms with E-state index in [1.54, 1.807) is 17.7 Å². The molecular formula is C22H24N4O3. The third-order valence-corrected chi connectivity index (χ3v) is 5.34. The van der Waals surface area contributed by atoms with Gasteiger partial charge in [0.25, 0.3) is 5.91 Å². The average Bonchev–Trinajstić information content (AvgIpc) is 3.41. The summed E-state index contributed by atoms with van der Waals surface area (Å²) >= 11 is 0. The number of imidazole rings is 1. The van der Waals surface area contributed by atoms with Crippen molar-refractivity contribution in [3.8, 4) is 5.75 Å². The van der Waals surface area contributed by atoms with E-state index in [9.17, 15) is 4.79 Å². The maximum Gasteiger partial charge on any atom is 0.267 e. The van der Waals surface area contributed by atoms with E-state index in [1.807, 2.05) is 24.4 Å². The van der Waals surface area contributed by atoms with Gasteiger partial charge in [-0.1, -0.05) is 12.1 Å². The van der Waals surface area contributed by atoms with Crippen LogP contribution in [0.15, 0.2) is 47.7 Å². The zero-order valence-electron chi connectivity index (χ0n) is 16.4. The van der Waals surface area contributed by atoms with E-state index < -0.39 is 5.91 Å². The lowest BCUT2D eigenvalue weighted by Gasteiger charge is -2.24. The number of methoxy groups -OCH3 is 1. The maximum atomic E-state index is 10.8. The molecule has 0 radical (unpaired) electrons. The number of ether oxygens (including phenoxy) is 2. The van der Waals surface area contributed by atoms with Crippen LogP contribution in [0.5, 0.6) is 5.75 Å². The molecule has 4 heterocycles. The number of benzene rings is 1. The van der Waals surface area contributed by atoms with E-state index in [0.29, 0.717) is 11.6 Å². The minimum Gasteiger partial charge on any atom is -0.496 e. The summed E-state index contributed by atoms with van der Waals surface area (Å²) in [6.07, 6.45) is 8.31. The molecular weight excluding hydrogens is 368 g/mol. The number of hydrogen-bond donors (Lipinski definition) is 1. The van der Waals surface area contributed by atoms with Gasteiger partial charge in [0.05, 0.1) is 19.0 Å². The second-order valence-corrected chi connectivity index (χ2v) is 7.02. The number of pyridine rings is 1. The first kappa shape index (κ1) is 19.1.